The molecule has 2 saturated heterocycles. The van der Waals surface area contributed by atoms with E-state index in [0.29, 0.717) is 0 Å². The summed E-state index contributed by atoms with van der Waals surface area (Å²) in [5.74, 6) is -5.59. The number of rotatable bonds is 9. The van der Waals surface area contributed by atoms with Crippen molar-refractivity contribution in [2.24, 2.45) is 10.8 Å². The fraction of sp³-hybridized carbons (Fsp3) is 0.700. The maximum absolute atomic E-state index is 12.6. The van der Waals surface area contributed by atoms with Gasteiger partial charge in [-0.15, -0.1) is 13.2 Å². The van der Waals surface area contributed by atoms with Gasteiger partial charge in [0.25, 0.3) is 0 Å². The number of hydrogen-bond acceptors (Lipinski definition) is 7. The van der Waals surface area contributed by atoms with Crippen molar-refractivity contribution in [2.45, 2.75) is 18.5 Å². The van der Waals surface area contributed by atoms with E-state index in [-0.39, 0.29) is 33.0 Å². The molecule has 0 unspecified atom stereocenters. The maximum Gasteiger partial charge on any atom is 0.320 e. The van der Waals surface area contributed by atoms with Gasteiger partial charge in [-0.05, 0) is 6.92 Å². The first-order valence-electron chi connectivity index (χ1n) is 9.59. The zero-order chi connectivity index (χ0) is 24.5. The third kappa shape index (κ3) is 5.85. The molecule has 1 N–H and O–H groups in total. The highest BCUT2D eigenvalue weighted by Gasteiger charge is 2.49. The van der Waals surface area contributed by atoms with Crippen LogP contribution in [0.1, 0.15) is 6.92 Å². The van der Waals surface area contributed by atoms with Crippen LogP contribution in [0, 0.1) is 10.8 Å². The van der Waals surface area contributed by atoms with Gasteiger partial charge in [-0.25, -0.2) is 17.6 Å². The van der Waals surface area contributed by atoms with Gasteiger partial charge in [0.2, 0.25) is 11.6 Å². The first-order valence-corrected chi connectivity index (χ1v) is 9.59. The molecule has 0 aromatic heterocycles. The third-order valence-electron chi connectivity index (χ3n) is 5.07. The number of halogens is 4. The van der Waals surface area contributed by atoms with E-state index in [1.165, 1.54) is 6.08 Å². The van der Waals surface area contributed by atoms with E-state index in [4.69, 9.17) is 28.8 Å². The molecule has 0 aromatic rings. The molecule has 2 rings (SSSR count). The van der Waals surface area contributed by atoms with Crippen molar-refractivity contribution in [3.63, 3.8) is 0 Å². The zero-order valence-electron chi connectivity index (χ0n) is 17.7. The SMILES string of the molecule is C=CC1(C(=O)O)COC(CF)(CF)OC1.C=CC1(C(=O)OCC)COC(CF)(CF)OC1. The fourth-order valence-corrected chi connectivity index (χ4v) is 2.51. The van der Waals surface area contributed by atoms with E-state index in [9.17, 15) is 27.2 Å². The van der Waals surface area contributed by atoms with Crippen molar-refractivity contribution in [1.82, 2.24) is 0 Å². The number of aliphatic carboxylic acids is 1. The fourth-order valence-electron chi connectivity index (χ4n) is 2.51. The van der Waals surface area contributed by atoms with Gasteiger partial charge in [-0.2, -0.15) is 0 Å². The molecule has 0 saturated carbocycles. The monoisotopic (exact) mass is 472 g/mol. The Morgan fingerprint density at radius 2 is 1.19 bits per heavy atom. The minimum absolute atomic E-state index is 0.200. The van der Waals surface area contributed by atoms with Crippen molar-refractivity contribution in [3.8, 4) is 0 Å². The molecule has 0 aliphatic carbocycles. The second-order valence-corrected chi connectivity index (χ2v) is 7.26. The van der Waals surface area contributed by atoms with Crippen LogP contribution in [-0.2, 0) is 33.3 Å². The molecule has 0 atom stereocenters. The summed E-state index contributed by atoms with van der Waals surface area (Å²) in [4.78, 5) is 22.6. The summed E-state index contributed by atoms with van der Waals surface area (Å²) >= 11 is 0. The van der Waals surface area contributed by atoms with Crippen molar-refractivity contribution in [1.29, 1.82) is 0 Å². The zero-order valence-corrected chi connectivity index (χ0v) is 17.7. The Bertz CT molecular complexity index is 644. The van der Waals surface area contributed by atoms with E-state index in [1.807, 2.05) is 0 Å². The highest BCUT2D eigenvalue weighted by atomic mass is 19.1. The van der Waals surface area contributed by atoms with Crippen LogP contribution in [0.2, 0.25) is 0 Å². The smallest absolute Gasteiger partial charge is 0.320 e. The summed E-state index contributed by atoms with van der Waals surface area (Å²) in [6.45, 7) is 3.08. The van der Waals surface area contributed by atoms with E-state index in [1.54, 1.807) is 6.92 Å². The van der Waals surface area contributed by atoms with Crippen molar-refractivity contribution >= 4 is 11.9 Å². The van der Waals surface area contributed by atoms with Gasteiger partial charge in [-0.3, -0.25) is 9.59 Å². The largest absolute Gasteiger partial charge is 0.480 e. The molecule has 2 fully saturated rings. The van der Waals surface area contributed by atoms with Crippen LogP contribution in [0.3, 0.4) is 0 Å². The van der Waals surface area contributed by atoms with E-state index in [0.717, 1.165) is 6.08 Å². The highest BCUT2D eigenvalue weighted by Crippen LogP contribution is 2.33. The molecule has 0 bridgehead atoms. The normalized spacial score (nSPS) is 22.5. The van der Waals surface area contributed by atoms with Gasteiger partial charge >= 0.3 is 11.9 Å². The lowest BCUT2D eigenvalue weighted by Crippen LogP contribution is -2.54. The van der Waals surface area contributed by atoms with E-state index >= 15 is 0 Å². The third-order valence-corrected chi connectivity index (χ3v) is 5.07. The van der Waals surface area contributed by atoms with Crippen LogP contribution in [0.25, 0.3) is 0 Å². The molecule has 184 valence electrons. The number of carboxylic acids is 1. The number of carbonyl (C=O) groups excluding carboxylic acids is 1. The van der Waals surface area contributed by atoms with Crippen molar-refractivity contribution in [2.75, 3.05) is 59.7 Å². The summed E-state index contributed by atoms with van der Waals surface area (Å²) in [6.07, 6.45) is 2.47. The number of hydrogen-bond donors (Lipinski definition) is 1. The summed E-state index contributed by atoms with van der Waals surface area (Å²) in [5, 5.41) is 8.89. The lowest BCUT2D eigenvalue weighted by Gasteiger charge is -2.40. The van der Waals surface area contributed by atoms with Gasteiger partial charge in [-0.1, -0.05) is 12.2 Å². The molecule has 12 heteroatoms. The average molecular weight is 472 g/mol. The second kappa shape index (κ2) is 11.7. The Morgan fingerprint density at radius 3 is 1.44 bits per heavy atom. The molecule has 2 heterocycles. The topological polar surface area (TPSA) is 101 Å². The predicted molar refractivity (Wildman–Crippen MR) is 103 cm³/mol. The Kier molecular flexibility index (Phi) is 10.3. The molecule has 2 aliphatic rings. The molecule has 2 aliphatic heterocycles. The molecule has 8 nitrogen and oxygen atoms in total. The number of carbonyl (C=O) groups is 2. The molecule has 0 amide bonds. The molecular weight excluding hydrogens is 444 g/mol. The highest BCUT2D eigenvalue weighted by molar-refractivity contribution is 5.79. The number of alkyl halides is 4. The Hall–Kier alpha value is -2.02. The summed E-state index contributed by atoms with van der Waals surface area (Å²) in [6, 6.07) is 0. The molecule has 32 heavy (non-hydrogen) atoms. The summed E-state index contributed by atoms with van der Waals surface area (Å²) in [7, 11) is 0. The summed E-state index contributed by atoms with van der Waals surface area (Å²) < 4.78 is 74.5. The van der Waals surface area contributed by atoms with Gasteiger partial charge in [0, 0.05) is 0 Å². The van der Waals surface area contributed by atoms with Crippen molar-refractivity contribution in [3.05, 3.63) is 25.3 Å². The molecule has 0 spiro atoms. The molecule has 0 aromatic carbocycles. The lowest BCUT2D eigenvalue weighted by molar-refractivity contribution is -0.304. The minimum Gasteiger partial charge on any atom is -0.480 e. The van der Waals surface area contributed by atoms with Crippen LogP contribution in [-0.4, -0.2) is 88.4 Å². The number of ether oxygens (including phenoxy) is 5. The van der Waals surface area contributed by atoms with Gasteiger partial charge in [0.15, 0.2) is 0 Å². The van der Waals surface area contributed by atoms with Gasteiger partial charge < -0.3 is 28.8 Å². The van der Waals surface area contributed by atoms with Gasteiger partial charge in [0.1, 0.15) is 37.5 Å². The van der Waals surface area contributed by atoms with E-state index < -0.39 is 61.0 Å². The first kappa shape index (κ1) is 28.0. The van der Waals surface area contributed by atoms with Crippen molar-refractivity contribution < 1.29 is 55.9 Å². The standard InChI is InChI=1S/C11H16F2O4.C9H12F2O4/c1-3-10(9(14)15-4-2)7-16-11(5-12,6-13)17-8-10;1-2-8(7(12)13)5-14-9(3-10,4-11)15-6-8/h3H,1,4-8H2,2H3;2H,1,3-6H2,(H,12,13). The summed E-state index contributed by atoms with van der Waals surface area (Å²) in [5.41, 5.74) is -2.61. The van der Waals surface area contributed by atoms with Crippen LogP contribution in [0.4, 0.5) is 17.6 Å². The quantitative estimate of drug-likeness (QED) is 0.310. The van der Waals surface area contributed by atoms with Crippen LogP contribution in [0.5, 0.6) is 0 Å². The minimum atomic E-state index is -1.94. The van der Waals surface area contributed by atoms with Gasteiger partial charge in [0.05, 0.1) is 33.0 Å². The number of esters is 1. The second-order valence-electron chi connectivity index (χ2n) is 7.26. The Balaban J connectivity index is 0.000000323. The first-order chi connectivity index (χ1) is 15.1. The Morgan fingerprint density at radius 1 is 0.844 bits per heavy atom. The molecular formula is C20H28F4O8. The number of carboxylic acid groups (broad SMARTS) is 1. The van der Waals surface area contributed by atoms with E-state index in [2.05, 4.69) is 13.2 Å². The average Bonchev–Trinajstić information content (AvgIpc) is 2.84. The molecule has 0 radical (unpaired) electrons. The maximum atomic E-state index is 12.6. The van der Waals surface area contributed by atoms with Crippen LogP contribution >= 0.6 is 0 Å². The predicted octanol–water partition coefficient (Wildman–Crippen LogP) is 2.33. The van der Waals surface area contributed by atoms with Crippen LogP contribution in [0.15, 0.2) is 25.3 Å². The van der Waals surface area contributed by atoms with Crippen LogP contribution < -0.4 is 0 Å². The lowest BCUT2D eigenvalue weighted by atomic mass is 9.89. The Labute approximate surface area is 183 Å².